The quantitative estimate of drug-likeness (QED) is 0.809. The van der Waals surface area contributed by atoms with Crippen molar-refractivity contribution in [2.24, 2.45) is 11.8 Å². The second-order valence-corrected chi connectivity index (χ2v) is 5.94. The molecule has 0 unspecified atom stereocenters. The number of ether oxygens (including phenoxy) is 1. The van der Waals surface area contributed by atoms with Crippen molar-refractivity contribution in [1.82, 2.24) is 5.32 Å². The van der Waals surface area contributed by atoms with Gasteiger partial charge in [0.1, 0.15) is 5.92 Å². The fourth-order valence-corrected chi connectivity index (χ4v) is 3.14. The van der Waals surface area contributed by atoms with E-state index in [2.05, 4.69) is 5.32 Å². The molecule has 1 fully saturated rings. The number of aliphatic carboxylic acids is 1. The van der Waals surface area contributed by atoms with Crippen molar-refractivity contribution in [1.29, 1.82) is 0 Å². The first-order valence-corrected chi connectivity index (χ1v) is 7.53. The minimum absolute atomic E-state index is 0.266. The van der Waals surface area contributed by atoms with Crippen LogP contribution in [-0.4, -0.2) is 35.7 Å². The van der Waals surface area contributed by atoms with E-state index >= 15 is 0 Å². The first kappa shape index (κ1) is 15.1. The molecule has 2 heterocycles. The predicted octanol–water partition coefficient (Wildman–Crippen LogP) is 1.65. The van der Waals surface area contributed by atoms with Gasteiger partial charge in [0.25, 0.3) is 0 Å². The molecule has 3 rings (SSSR count). The number of halogens is 1. The lowest BCUT2D eigenvalue weighted by atomic mass is 9.82. The van der Waals surface area contributed by atoms with Crippen LogP contribution in [-0.2, 0) is 20.7 Å². The van der Waals surface area contributed by atoms with Crippen molar-refractivity contribution < 1.29 is 19.4 Å². The standard InChI is InChI=1S/C16H16ClNO4/c17-10-3-1-9(2-4-10)7-8-18-15(19)13-11-5-6-12(22-11)14(13)16(20)21/h1-6,11-14H,7-8H2,(H,18,19)(H,20,21)/t11-,12+,13+,14-/m1/s1. The third kappa shape index (κ3) is 2.87. The first-order valence-electron chi connectivity index (χ1n) is 7.15. The van der Waals surface area contributed by atoms with Crippen LogP contribution in [0.4, 0.5) is 0 Å². The number of carbonyl (C=O) groups is 2. The van der Waals surface area contributed by atoms with Gasteiger partial charge >= 0.3 is 5.97 Å². The van der Waals surface area contributed by atoms with Gasteiger partial charge < -0.3 is 15.2 Å². The zero-order valence-electron chi connectivity index (χ0n) is 11.7. The van der Waals surface area contributed by atoms with Gasteiger partial charge in [0.2, 0.25) is 5.91 Å². The van der Waals surface area contributed by atoms with Crippen molar-refractivity contribution >= 4 is 23.5 Å². The van der Waals surface area contributed by atoms with Crippen molar-refractivity contribution in [3.8, 4) is 0 Å². The van der Waals surface area contributed by atoms with Crippen LogP contribution in [0.15, 0.2) is 36.4 Å². The Morgan fingerprint density at radius 2 is 1.77 bits per heavy atom. The van der Waals surface area contributed by atoms with E-state index in [9.17, 15) is 14.7 Å². The zero-order valence-corrected chi connectivity index (χ0v) is 12.5. The largest absolute Gasteiger partial charge is 0.481 e. The molecule has 1 aromatic carbocycles. The number of nitrogens with one attached hydrogen (secondary N) is 1. The smallest absolute Gasteiger partial charge is 0.310 e. The lowest BCUT2D eigenvalue weighted by Crippen LogP contribution is -2.43. The molecule has 4 atom stereocenters. The minimum atomic E-state index is -0.991. The number of amides is 1. The van der Waals surface area contributed by atoms with Crippen molar-refractivity contribution in [3.63, 3.8) is 0 Å². The number of carboxylic acids is 1. The fraction of sp³-hybridized carbons (Fsp3) is 0.375. The number of hydrogen-bond donors (Lipinski definition) is 2. The Hall–Kier alpha value is -1.85. The molecule has 2 N–H and O–H groups in total. The van der Waals surface area contributed by atoms with Gasteiger partial charge in [-0.25, -0.2) is 0 Å². The predicted molar refractivity (Wildman–Crippen MR) is 80.6 cm³/mol. The van der Waals surface area contributed by atoms with Crippen molar-refractivity contribution in [2.45, 2.75) is 18.6 Å². The average molecular weight is 322 g/mol. The zero-order chi connectivity index (χ0) is 15.7. The molecule has 0 saturated carbocycles. The van der Waals surface area contributed by atoms with Crippen LogP contribution in [0.3, 0.4) is 0 Å². The summed E-state index contributed by atoms with van der Waals surface area (Å²) < 4.78 is 5.49. The number of fused-ring (bicyclic) bond motifs is 2. The lowest BCUT2D eigenvalue weighted by molar-refractivity contribution is -0.146. The molecule has 6 heteroatoms. The van der Waals surface area contributed by atoms with Crippen LogP contribution in [0, 0.1) is 11.8 Å². The highest BCUT2D eigenvalue weighted by Crippen LogP contribution is 2.39. The van der Waals surface area contributed by atoms with Gasteiger partial charge in [-0.2, -0.15) is 0 Å². The Bertz CT molecular complexity index is 613. The molecular weight excluding hydrogens is 306 g/mol. The Kier molecular flexibility index (Phi) is 4.18. The highest BCUT2D eigenvalue weighted by Gasteiger charge is 2.53. The van der Waals surface area contributed by atoms with E-state index in [-0.39, 0.29) is 5.91 Å². The summed E-state index contributed by atoms with van der Waals surface area (Å²) in [5.41, 5.74) is 1.06. The molecule has 0 spiro atoms. The summed E-state index contributed by atoms with van der Waals surface area (Å²) in [5.74, 6) is -2.71. The van der Waals surface area contributed by atoms with Gasteiger partial charge in [0.15, 0.2) is 0 Å². The number of rotatable bonds is 5. The second-order valence-electron chi connectivity index (χ2n) is 5.51. The molecule has 0 aromatic heterocycles. The lowest BCUT2D eigenvalue weighted by Gasteiger charge is -2.20. The summed E-state index contributed by atoms with van der Waals surface area (Å²) >= 11 is 5.82. The molecule has 116 valence electrons. The van der Waals surface area contributed by atoms with Gasteiger partial charge in [-0.1, -0.05) is 35.9 Å². The van der Waals surface area contributed by atoms with Crippen LogP contribution in [0.1, 0.15) is 5.56 Å². The monoisotopic (exact) mass is 321 g/mol. The maximum absolute atomic E-state index is 12.3. The molecule has 0 aliphatic carbocycles. The maximum Gasteiger partial charge on any atom is 0.310 e. The van der Waals surface area contributed by atoms with E-state index in [1.807, 2.05) is 12.1 Å². The average Bonchev–Trinajstić information content (AvgIpc) is 3.09. The van der Waals surface area contributed by atoms with E-state index in [1.165, 1.54) is 0 Å². The van der Waals surface area contributed by atoms with Crippen molar-refractivity contribution in [3.05, 3.63) is 47.0 Å². The Morgan fingerprint density at radius 3 is 2.41 bits per heavy atom. The Morgan fingerprint density at radius 1 is 1.14 bits per heavy atom. The van der Waals surface area contributed by atoms with Gasteiger partial charge in [0, 0.05) is 11.6 Å². The van der Waals surface area contributed by atoms with Crippen LogP contribution in [0.2, 0.25) is 5.02 Å². The Labute approximate surface area is 132 Å². The van der Waals surface area contributed by atoms with Gasteiger partial charge in [-0.3, -0.25) is 9.59 Å². The topological polar surface area (TPSA) is 75.6 Å². The number of hydrogen-bond acceptors (Lipinski definition) is 3. The molecule has 0 radical (unpaired) electrons. The first-order chi connectivity index (χ1) is 10.6. The summed E-state index contributed by atoms with van der Waals surface area (Å²) in [7, 11) is 0. The molecule has 1 amide bonds. The SMILES string of the molecule is O=C(NCCc1ccc(Cl)cc1)[C@@H]1[C@H](C(=O)O)[C@@H]2C=C[C@H]1O2. The van der Waals surface area contributed by atoms with Crippen LogP contribution >= 0.6 is 11.6 Å². The third-order valence-electron chi connectivity index (χ3n) is 4.11. The highest BCUT2D eigenvalue weighted by molar-refractivity contribution is 6.30. The third-order valence-corrected chi connectivity index (χ3v) is 4.37. The van der Waals surface area contributed by atoms with Crippen molar-refractivity contribution in [2.75, 3.05) is 6.54 Å². The van der Waals surface area contributed by atoms with Crippen LogP contribution < -0.4 is 5.32 Å². The maximum atomic E-state index is 12.3. The minimum Gasteiger partial charge on any atom is -0.481 e. The van der Waals surface area contributed by atoms with Gasteiger partial charge in [0.05, 0.1) is 18.1 Å². The van der Waals surface area contributed by atoms with E-state index in [1.54, 1.807) is 24.3 Å². The number of carbonyl (C=O) groups excluding carboxylic acids is 1. The van der Waals surface area contributed by atoms with E-state index in [0.717, 1.165) is 5.56 Å². The number of benzene rings is 1. The molecule has 22 heavy (non-hydrogen) atoms. The molecule has 2 aliphatic heterocycles. The molecule has 2 bridgehead atoms. The summed E-state index contributed by atoms with van der Waals surface area (Å²) in [6.07, 6.45) is 3.24. The van der Waals surface area contributed by atoms with Gasteiger partial charge in [-0.05, 0) is 24.1 Å². The molecule has 2 aliphatic rings. The summed E-state index contributed by atoms with van der Waals surface area (Å²) in [5, 5.41) is 12.8. The van der Waals surface area contributed by atoms with E-state index < -0.39 is 30.0 Å². The normalized spacial score (nSPS) is 28.8. The number of carboxylic acid groups (broad SMARTS) is 1. The van der Waals surface area contributed by atoms with Gasteiger partial charge in [-0.15, -0.1) is 0 Å². The van der Waals surface area contributed by atoms with Crippen LogP contribution in [0.25, 0.3) is 0 Å². The van der Waals surface area contributed by atoms with E-state index in [0.29, 0.717) is 18.0 Å². The van der Waals surface area contributed by atoms with Crippen LogP contribution in [0.5, 0.6) is 0 Å². The summed E-state index contributed by atoms with van der Waals surface area (Å²) in [4.78, 5) is 23.6. The second kappa shape index (κ2) is 6.10. The highest BCUT2D eigenvalue weighted by atomic mass is 35.5. The molecule has 5 nitrogen and oxygen atoms in total. The fourth-order valence-electron chi connectivity index (χ4n) is 3.01. The summed E-state index contributed by atoms with van der Waals surface area (Å²) in [6, 6.07) is 7.40. The summed E-state index contributed by atoms with van der Waals surface area (Å²) in [6.45, 7) is 0.449. The molecule has 1 saturated heterocycles. The molecular formula is C16H16ClNO4. The van der Waals surface area contributed by atoms with E-state index in [4.69, 9.17) is 16.3 Å². The Balaban J connectivity index is 1.56. The molecule has 1 aromatic rings.